The van der Waals surface area contributed by atoms with Gasteiger partial charge >= 0.3 is 0 Å². The van der Waals surface area contributed by atoms with Crippen LogP contribution in [0.25, 0.3) is 5.65 Å². The Morgan fingerprint density at radius 3 is 3.06 bits per heavy atom. The number of rotatable bonds is 3. The van der Waals surface area contributed by atoms with E-state index in [1.165, 1.54) is 0 Å². The van der Waals surface area contributed by atoms with Gasteiger partial charge in [0.25, 0.3) is 0 Å². The van der Waals surface area contributed by atoms with Crippen molar-refractivity contribution in [2.75, 3.05) is 11.9 Å². The lowest BCUT2D eigenvalue weighted by molar-refractivity contribution is 0.838. The van der Waals surface area contributed by atoms with Crippen LogP contribution in [0.1, 0.15) is 11.5 Å². The number of hydrogen-bond acceptors (Lipinski definition) is 5. The molecule has 0 saturated carbocycles. The van der Waals surface area contributed by atoms with E-state index in [2.05, 4.69) is 25.1 Å². The van der Waals surface area contributed by atoms with Gasteiger partial charge < -0.3 is 9.88 Å². The zero-order valence-corrected chi connectivity index (χ0v) is 10.2. The highest BCUT2D eigenvalue weighted by Gasteiger charge is 2.11. The van der Waals surface area contributed by atoms with Gasteiger partial charge in [0.15, 0.2) is 5.82 Å². The average molecular weight is 243 g/mol. The van der Waals surface area contributed by atoms with Crippen LogP contribution in [0.15, 0.2) is 24.9 Å². The summed E-state index contributed by atoms with van der Waals surface area (Å²) in [4.78, 5) is 13.8. The van der Waals surface area contributed by atoms with Crippen molar-refractivity contribution in [1.82, 2.24) is 29.5 Å². The fourth-order valence-corrected chi connectivity index (χ4v) is 1.86. The normalized spacial score (nSPS) is 11.0. The van der Waals surface area contributed by atoms with Gasteiger partial charge in [-0.1, -0.05) is 0 Å². The van der Waals surface area contributed by atoms with Gasteiger partial charge in [-0.3, -0.25) is 4.40 Å². The Balaban J connectivity index is 1.92. The summed E-state index contributed by atoms with van der Waals surface area (Å²) in [5.41, 5.74) is 1.79. The lowest BCUT2D eigenvalue weighted by atomic mass is 10.5. The lowest BCUT2D eigenvalue weighted by Crippen LogP contribution is -2.19. The summed E-state index contributed by atoms with van der Waals surface area (Å²) < 4.78 is 1.84. The predicted molar refractivity (Wildman–Crippen MR) is 66.2 cm³/mol. The second-order valence-corrected chi connectivity index (χ2v) is 4.18. The summed E-state index contributed by atoms with van der Waals surface area (Å²) in [6.45, 7) is 2.63. The van der Waals surface area contributed by atoms with Crippen LogP contribution in [-0.4, -0.2) is 36.6 Å². The van der Waals surface area contributed by atoms with E-state index in [-0.39, 0.29) is 0 Å². The third-order valence-corrected chi connectivity index (χ3v) is 2.70. The molecule has 1 N–H and O–H groups in total. The van der Waals surface area contributed by atoms with Crippen LogP contribution in [0, 0.1) is 6.92 Å². The molecule has 92 valence electrons. The number of nitrogens with zero attached hydrogens (tertiary/aromatic N) is 6. The van der Waals surface area contributed by atoms with Gasteiger partial charge in [0, 0.05) is 31.3 Å². The molecule has 3 aromatic heterocycles. The van der Waals surface area contributed by atoms with Crippen molar-refractivity contribution in [3.63, 3.8) is 0 Å². The smallest absolute Gasteiger partial charge is 0.203 e. The van der Waals surface area contributed by atoms with E-state index < -0.39 is 0 Å². The Bertz CT molecular complexity index is 669. The molecule has 0 amide bonds. The van der Waals surface area contributed by atoms with Crippen molar-refractivity contribution < 1.29 is 0 Å². The van der Waals surface area contributed by atoms with Crippen LogP contribution in [0.2, 0.25) is 0 Å². The van der Waals surface area contributed by atoms with Crippen molar-refractivity contribution in [3.8, 4) is 0 Å². The predicted octanol–water partition coefficient (Wildman–Crippen LogP) is 0.792. The second-order valence-electron chi connectivity index (χ2n) is 4.18. The maximum Gasteiger partial charge on any atom is 0.203 e. The maximum atomic E-state index is 4.34. The number of anilines is 1. The second kappa shape index (κ2) is 4.10. The molecule has 3 aromatic rings. The molecule has 0 spiro atoms. The van der Waals surface area contributed by atoms with Gasteiger partial charge in [0.1, 0.15) is 12.2 Å². The number of nitrogens with one attached hydrogen (secondary N) is 1. The van der Waals surface area contributed by atoms with E-state index in [1.54, 1.807) is 12.5 Å². The number of aryl methyl sites for hydroxylation is 1. The first-order valence-corrected chi connectivity index (χ1v) is 5.60. The van der Waals surface area contributed by atoms with Crippen LogP contribution in [0.5, 0.6) is 0 Å². The molecular formula is C11H13N7. The van der Waals surface area contributed by atoms with Crippen molar-refractivity contribution in [1.29, 1.82) is 0 Å². The summed E-state index contributed by atoms with van der Waals surface area (Å²) in [7, 11) is 1.95. The van der Waals surface area contributed by atoms with Gasteiger partial charge in [-0.25, -0.2) is 9.97 Å². The summed E-state index contributed by atoms with van der Waals surface area (Å²) in [6.07, 6.45) is 7.03. The Morgan fingerprint density at radius 2 is 2.28 bits per heavy atom. The molecule has 18 heavy (non-hydrogen) atoms. The minimum Gasteiger partial charge on any atom is -0.349 e. The Labute approximate surface area is 104 Å². The lowest BCUT2D eigenvalue weighted by Gasteiger charge is -2.16. The minimum absolute atomic E-state index is 0.646. The minimum atomic E-state index is 0.646. The van der Waals surface area contributed by atoms with E-state index >= 15 is 0 Å². The molecule has 0 unspecified atom stereocenters. The average Bonchev–Trinajstić information content (AvgIpc) is 2.97. The van der Waals surface area contributed by atoms with Gasteiger partial charge in [0.2, 0.25) is 5.65 Å². The highest BCUT2D eigenvalue weighted by molar-refractivity contribution is 5.62. The third kappa shape index (κ3) is 1.79. The van der Waals surface area contributed by atoms with E-state index in [4.69, 9.17) is 0 Å². The molecule has 0 fully saturated rings. The van der Waals surface area contributed by atoms with Gasteiger partial charge in [-0.2, -0.15) is 0 Å². The molecule has 7 heteroatoms. The largest absolute Gasteiger partial charge is 0.349 e. The molecule has 0 saturated heterocycles. The first-order chi connectivity index (χ1) is 8.74. The van der Waals surface area contributed by atoms with E-state index in [0.717, 1.165) is 23.0 Å². The molecule has 3 rings (SSSR count). The van der Waals surface area contributed by atoms with E-state index in [9.17, 15) is 0 Å². The molecule has 0 bridgehead atoms. The number of aromatic amines is 1. The van der Waals surface area contributed by atoms with Gasteiger partial charge in [-0.15, -0.1) is 10.2 Å². The number of aromatic nitrogens is 6. The highest BCUT2D eigenvalue weighted by Crippen LogP contribution is 2.15. The van der Waals surface area contributed by atoms with E-state index in [1.807, 2.05) is 35.7 Å². The van der Waals surface area contributed by atoms with Crippen LogP contribution in [-0.2, 0) is 6.54 Å². The number of H-pyrrole nitrogens is 1. The summed E-state index contributed by atoms with van der Waals surface area (Å²) in [6, 6.07) is 0. The maximum absolute atomic E-state index is 4.34. The summed E-state index contributed by atoms with van der Waals surface area (Å²) in [5.74, 6) is 1.68. The Morgan fingerprint density at radius 1 is 1.39 bits per heavy atom. The fraction of sp³-hybridized carbons (Fsp3) is 0.273. The number of hydrogen-bond donors (Lipinski definition) is 1. The third-order valence-electron chi connectivity index (χ3n) is 2.70. The van der Waals surface area contributed by atoms with Crippen LogP contribution in [0.4, 0.5) is 5.82 Å². The first-order valence-electron chi connectivity index (χ1n) is 5.60. The molecule has 0 aliphatic carbocycles. The quantitative estimate of drug-likeness (QED) is 0.736. The Hall–Kier alpha value is -2.44. The number of fused-ring (bicyclic) bond motifs is 1. The van der Waals surface area contributed by atoms with Crippen molar-refractivity contribution in [3.05, 3.63) is 36.4 Å². The zero-order chi connectivity index (χ0) is 12.5. The summed E-state index contributed by atoms with van der Waals surface area (Å²) in [5, 5.41) is 7.94. The first kappa shape index (κ1) is 10.7. The molecule has 0 aliphatic heterocycles. The monoisotopic (exact) mass is 243 g/mol. The Kier molecular flexibility index (Phi) is 2.44. The van der Waals surface area contributed by atoms with Crippen molar-refractivity contribution in [2.24, 2.45) is 0 Å². The van der Waals surface area contributed by atoms with Crippen molar-refractivity contribution >= 4 is 11.5 Å². The molecule has 0 radical (unpaired) electrons. The SMILES string of the molecule is Cc1cnc(CN(C)c2nccn3cnnc23)[nH]1. The molecule has 0 aliphatic rings. The topological polar surface area (TPSA) is 75.0 Å². The molecular weight excluding hydrogens is 230 g/mol. The molecule has 0 aromatic carbocycles. The van der Waals surface area contributed by atoms with Crippen LogP contribution < -0.4 is 4.90 Å². The van der Waals surface area contributed by atoms with Gasteiger partial charge in [-0.05, 0) is 6.92 Å². The zero-order valence-electron chi connectivity index (χ0n) is 10.2. The van der Waals surface area contributed by atoms with Gasteiger partial charge in [0.05, 0.1) is 6.54 Å². The molecule has 7 nitrogen and oxygen atoms in total. The number of imidazole rings is 1. The fourth-order valence-electron chi connectivity index (χ4n) is 1.86. The van der Waals surface area contributed by atoms with Crippen molar-refractivity contribution in [2.45, 2.75) is 13.5 Å². The molecule has 0 atom stereocenters. The van der Waals surface area contributed by atoms with Crippen LogP contribution in [0.3, 0.4) is 0 Å². The highest BCUT2D eigenvalue weighted by atomic mass is 15.3. The molecule has 3 heterocycles. The standard InChI is InChI=1S/C11H13N7/c1-8-5-13-9(15-8)6-17(2)10-11-16-14-7-18(11)4-3-12-10/h3-5,7H,6H2,1-2H3,(H,13,15). The summed E-state index contributed by atoms with van der Waals surface area (Å²) >= 11 is 0. The van der Waals surface area contributed by atoms with E-state index in [0.29, 0.717) is 6.54 Å². The van der Waals surface area contributed by atoms with Crippen LogP contribution >= 0.6 is 0 Å².